The Labute approximate surface area is 120 Å². The number of nitrogens with two attached hydrogens (primary N) is 1. The number of hydrogen-bond acceptors (Lipinski definition) is 5. The molecule has 2 N–H and O–H groups in total. The van der Waals surface area contributed by atoms with Crippen LogP contribution in [0.2, 0.25) is 5.02 Å². The first kappa shape index (κ1) is 14.3. The molecule has 0 aliphatic rings. The van der Waals surface area contributed by atoms with E-state index in [0.717, 1.165) is 0 Å². The molecule has 2 rings (SSSR count). The molecular weight excluding hydrogens is 285 g/mol. The summed E-state index contributed by atoms with van der Waals surface area (Å²) in [5.41, 5.74) is 6.20. The maximum absolute atomic E-state index is 13.8. The summed E-state index contributed by atoms with van der Waals surface area (Å²) in [6.45, 7) is 0. The lowest BCUT2D eigenvalue weighted by Crippen LogP contribution is -2.05. The largest absolute Gasteiger partial charge is 0.481 e. The fraction of sp³-hybridized carbons (Fsp3) is 0.231. The lowest BCUT2D eigenvalue weighted by atomic mass is 10.1. The summed E-state index contributed by atoms with van der Waals surface area (Å²) >= 11 is 5.89. The van der Waals surface area contributed by atoms with Gasteiger partial charge in [0.25, 0.3) is 0 Å². The van der Waals surface area contributed by atoms with Crippen LogP contribution >= 0.6 is 11.6 Å². The molecule has 0 spiro atoms. The fourth-order valence-corrected chi connectivity index (χ4v) is 1.86. The van der Waals surface area contributed by atoms with Crippen molar-refractivity contribution < 1.29 is 13.9 Å². The molecule has 0 fully saturated rings. The SMILES string of the molecule is COc1cc(OC)nc(Cc2c(F)ccc(Cl)c2N)n1. The third-order valence-corrected chi connectivity index (χ3v) is 3.05. The van der Waals surface area contributed by atoms with E-state index in [0.29, 0.717) is 17.6 Å². The van der Waals surface area contributed by atoms with Gasteiger partial charge in [0, 0.05) is 12.0 Å². The maximum Gasteiger partial charge on any atom is 0.220 e. The first-order chi connectivity index (χ1) is 9.55. The molecule has 7 heteroatoms. The molecule has 0 saturated heterocycles. The highest BCUT2D eigenvalue weighted by atomic mass is 35.5. The summed E-state index contributed by atoms with van der Waals surface area (Å²) in [5.74, 6) is 0.520. The number of nitrogens with zero attached hydrogens (tertiary/aromatic N) is 2. The zero-order valence-electron chi connectivity index (χ0n) is 11.0. The minimum Gasteiger partial charge on any atom is -0.481 e. The van der Waals surface area contributed by atoms with Crippen LogP contribution in [0.15, 0.2) is 18.2 Å². The van der Waals surface area contributed by atoms with Crippen LogP contribution in [-0.2, 0) is 6.42 Å². The van der Waals surface area contributed by atoms with E-state index in [4.69, 9.17) is 26.8 Å². The quantitative estimate of drug-likeness (QED) is 0.878. The lowest BCUT2D eigenvalue weighted by Gasteiger charge is -2.10. The van der Waals surface area contributed by atoms with Crippen molar-refractivity contribution in [1.82, 2.24) is 9.97 Å². The van der Waals surface area contributed by atoms with Crippen LogP contribution in [0.5, 0.6) is 11.8 Å². The maximum atomic E-state index is 13.8. The third kappa shape index (κ3) is 2.91. The molecule has 0 atom stereocenters. The Hall–Kier alpha value is -2.08. The summed E-state index contributed by atoms with van der Waals surface area (Å²) in [7, 11) is 2.94. The van der Waals surface area contributed by atoms with E-state index in [2.05, 4.69) is 9.97 Å². The van der Waals surface area contributed by atoms with Gasteiger partial charge in [-0.1, -0.05) is 11.6 Å². The van der Waals surface area contributed by atoms with Crippen molar-refractivity contribution in [2.45, 2.75) is 6.42 Å². The van der Waals surface area contributed by atoms with Crippen LogP contribution in [0, 0.1) is 5.82 Å². The lowest BCUT2D eigenvalue weighted by molar-refractivity contribution is 0.368. The first-order valence-corrected chi connectivity index (χ1v) is 6.11. The summed E-state index contributed by atoms with van der Waals surface area (Å²) < 4.78 is 23.9. The summed E-state index contributed by atoms with van der Waals surface area (Å²) in [5, 5.41) is 0.288. The van der Waals surface area contributed by atoms with Gasteiger partial charge in [-0.3, -0.25) is 0 Å². The molecule has 20 heavy (non-hydrogen) atoms. The number of methoxy groups -OCH3 is 2. The summed E-state index contributed by atoms with van der Waals surface area (Å²) in [6, 6.07) is 4.19. The highest BCUT2D eigenvalue weighted by molar-refractivity contribution is 6.33. The average Bonchev–Trinajstić information content (AvgIpc) is 2.47. The third-order valence-electron chi connectivity index (χ3n) is 2.73. The smallest absolute Gasteiger partial charge is 0.220 e. The van der Waals surface area contributed by atoms with Gasteiger partial charge in [0.2, 0.25) is 11.8 Å². The van der Waals surface area contributed by atoms with Crippen molar-refractivity contribution in [1.29, 1.82) is 0 Å². The van der Waals surface area contributed by atoms with Gasteiger partial charge in [-0.15, -0.1) is 0 Å². The van der Waals surface area contributed by atoms with E-state index in [1.54, 1.807) is 0 Å². The summed E-state index contributed by atoms with van der Waals surface area (Å²) in [6.07, 6.45) is 0.0891. The van der Waals surface area contributed by atoms with Crippen molar-refractivity contribution >= 4 is 17.3 Å². The zero-order chi connectivity index (χ0) is 14.7. The van der Waals surface area contributed by atoms with Gasteiger partial charge < -0.3 is 15.2 Å². The number of benzene rings is 1. The number of hydrogen-bond donors (Lipinski definition) is 1. The molecule has 0 aliphatic carbocycles. The fourth-order valence-electron chi connectivity index (χ4n) is 1.69. The standard InChI is InChI=1S/C13H13ClFN3O2/c1-19-11-6-12(20-2)18-10(17-11)5-7-9(15)4-3-8(14)13(7)16/h3-4,6H,5,16H2,1-2H3. The van der Waals surface area contributed by atoms with Crippen LogP contribution in [0.1, 0.15) is 11.4 Å². The predicted octanol–water partition coefficient (Wildman–Crippen LogP) is 2.46. The second kappa shape index (κ2) is 5.92. The topological polar surface area (TPSA) is 70.3 Å². The molecule has 0 amide bonds. The number of halogens is 2. The van der Waals surface area contributed by atoms with Crippen molar-refractivity contribution in [2.75, 3.05) is 20.0 Å². The molecule has 1 aromatic heterocycles. The van der Waals surface area contributed by atoms with E-state index in [1.807, 2.05) is 0 Å². The molecule has 0 saturated carbocycles. The molecule has 0 radical (unpaired) electrons. The number of nitrogen functional groups attached to an aromatic ring is 1. The highest BCUT2D eigenvalue weighted by Crippen LogP contribution is 2.27. The molecule has 5 nitrogen and oxygen atoms in total. The normalized spacial score (nSPS) is 10.4. The molecule has 2 aromatic rings. The van der Waals surface area contributed by atoms with Crippen LogP contribution in [0.3, 0.4) is 0 Å². The van der Waals surface area contributed by atoms with E-state index in [-0.39, 0.29) is 22.7 Å². The number of aromatic nitrogens is 2. The van der Waals surface area contributed by atoms with Crippen molar-refractivity contribution in [3.05, 3.63) is 40.4 Å². The second-order valence-corrected chi connectivity index (χ2v) is 4.37. The number of anilines is 1. The summed E-state index contributed by atoms with van der Waals surface area (Å²) in [4.78, 5) is 8.26. The van der Waals surface area contributed by atoms with E-state index < -0.39 is 5.82 Å². The van der Waals surface area contributed by atoms with Gasteiger partial charge in [-0.2, -0.15) is 9.97 Å². The molecule has 0 bridgehead atoms. The van der Waals surface area contributed by atoms with Crippen LogP contribution in [0.25, 0.3) is 0 Å². The molecular formula is C13H13ClFN3O2. The highest BCUT2D eigenvalue weighted by Gasteiger charge is 2.14. The van der Waals surface area contributed by atoms with Crippen LogP contribution < -0.4 is 15.2 Å². The van der Waals surface area contributed by atoms with E-state index in [1.165, 1.54) is 32.4 Å². The Morgan fingerprint density at radius 1 is 1.20 bits per heavy atom. The Kier molecular flexibility index (Phi) is 4.24. The Morgan fingerprint density at radius 3 is 2.35 bits per heavy atom. The Morgan fingerprint density at radius 2 is 1.80 bits per heavy atom. The molecule has 106 valence electrons. The van der Waals surface area contributed by atoms with Gasteiger partial charge in [0.05, 0.1) is 31.0 Å². The van der Waals surface area contributed by atoms with Crippen molar-refractivity contribution in [3.63, 3.8) is 0 Å². The molecule has 1 heterocycles. The molecule has 0 unspecified atom stereocenters. The zero-order valence-corrected chi connectivity index (χ0v) is 11.7. The monoisotopic (exact) mass is 297 g/mol. The van der Waals surface area contributed by atoms with Gasteiger partial charge in [-0.25, -0.2) is 4.39 Å². The molecule has 1 aromatic carbocycles. The van der Waals surface area contributed by atoms with Gasteiger partial charge in [-0.05, 0) is 12.1 Å². The minimum absolute atomic E-state index is 0.0891. The van der Waals surface area contributed by atoms with E-state index in [9.17, 15) is 4.39 Å². The van der Waals surface area contributed by atoms with Gasteiger partial charge >= 0.3 is 0 Å². The van der Waals surface area contributed by atoms with E-state index >= 15 is 0 Å². The second-order valence-electron chi connectivity index (χ2n) is 3.97. The Balaban J connectivity index is 2.42. The van der Waals surface area contributed by atoms with Crippen molar-refractivity contribution in [3.8, 4) is 11.8 Å². The minimum atomic E-state index is -0.461. The first-order valence-electron chi connectivity index (χ1n) is 5.73. The van der Waals surface area contributed by atoms with Crippen LogP contribution in [-0.4, -0.2) is 24.2 Å². The van der Waals surface area contributed by atoms with Crippen LogP contribution in [0.4, 0.5) is 10.1 Å². The Bertz CT molecular complexity index is 615. The average molecular weight is 298 g/mol. The number of ether oxygens (including phenoxy) is 2. The predicted molar refractivity (Wildman–Crippen MR) is 73.8 cm³/mol. The molecule has 0 aliphatic heterocycles. The van der Waals surface area contributed by atoms with Gasteiger partial charge in [0.15, 0.2) is 0 Å². The van der Waals surface area contributed by atoms with Gasteiger partial charge in [0.1, 0.15) is 11.6 Å². The number of rotatable bonds is 4. The van der Waals surface area contributed by atoms with Crippen molar-refractivity contribution in [2.24, 2.45) is 0 Å².